The van der Waals surface area contributed by atoms with E-state index in [1.54, 1.807) is 18.2 Å². The first kappa shape index (κ1) is 15.6. The molecule has 0 bridgehead atoms. The maximum atomic E-state index is 12.2. The number of anilines is 1. The average Bonchev–Trinajstić information content (AvgIpc) is 2.91. The summed E-state index contributed by atoms with van der Waals surface area (Å²) in [7, 11) is 0. The minimum atomic E-state index is -0.00633. The molecule has 2 N–H and O–H groups in total. The summed E-state index contributed by atoms with van der Waals surface area (Å²) in [6, 6.07) is 7.24. The third-order valence-corrected chi connectivity index (χ3v) is 3.98. The molecular formula is C16H20ClN3O. The highest BCUT2D eigenvalue weighted by atomic mass is 35.5. The average molecular weight is 306 g/mol. The van der Waals surface area contributed by atoms with E-state index in [1.807, 2.05) is 16.9 Å². The van der Waals surface area contributed by atoms with Crippen LogP contribution >= 0.6 is 11.6 Å². The second kappa shape index (κ2) is 6.76. The second-order valence-corrected chi connectivity index (χ2v) is 5.50. The molecule has 0 unspecified atom stereocenters. The summed E-state index contributed by atoms with van der Waals surface area (Å²) < 4.78 is 1.94. The van der Waals surface area contributed by atoms with Gasteiger partial charge in [0, 0.05) is 11.8 Å². The van der Waals surface area contributed by atoms with E-state index in [9.17, 15) is 4.79 Å². The molecule has 5 heteroatoms. The molecule has 0 atom stereocenters. The van der Waals surface area contributed by atoms with Gasteiger partial charge in [0.1, 0.15) is 0 Å². The van der Waals surface area contributed by atoms with Gasteiger partial charge in [0.25, 0.3) is 0 Å². The Labute approximate surface area is 129 Å². The zero-order chi connectivity index (χ0) is 15.4. The number of nitrogens with two attached hydrogens (primary N) is 1. The molecule has 0 fully saturated rings. The number of hydrogen-bond acceptors (Lipinski definition) is 3. The summed E-state index contributed by atoms with van der Waals surface area (Å²) >= 11 is 5.86. The maximum absolute atomic E-state index is 12.2. The van der Waals surface area contributed by atoms with Crippen molar-refractivity contribution in [2.24, 2.45) is 0 Å². The minimum Gasteiger partial charge on any atom is -0.398 e. The Morgan fingerprint density at radius 1 is 1.33 bits per heavy atom. The van der Waals surface area contributed by atoms with Gasteiger partial charge in [-0.3, -0.25) is 9.48 Å². The molecule has 21 heavy (non-hydrogen) atoms. The number of halogens is 1. The monoisotopic (exact) mass is 305 g/mol. The van der Waals surface area contributed by atoms with Crippen LogP contribution in [0.2, 0.25) is 5.02 Å². The molecule has 0 aliphatic rings. The number of rotatable bonds is 6. The van der Waals surface area contributed by atoms with Crippen molar-refractivity contribution in [2.45, 2.75) is 39.2 Å². The summed E-state index contributed by atoms with van der Waals surface area (Å²) in [6.07, 6.45) is 4.27. The van der Waals surface area contributed by atoms with E-state index in [0.717, 1.165) is 18.5 Å². The predicted molar refractivity (Wildman–Crippen MR) is 85.7 cm³/mol. The van der Waals surface area contributed by atoms with E-state index in [2.05, 4.69) is 18.9 Å². The Morgan fingerprint density at radius 2 is 2.05 bits per heavy atom. The molecule has 1 heterocycles. The van der Waals surface area contributed by atoms with Gasteiger partial charge in [-0.1, -0.05) is 25.4 Å². The van der Waals surface area contributed by atoms with Crippen LogP contribution in [0.1, 0.15) is 48.8 Å². The van der Waals surface area contributed by atoms with Gasteiger partial charge in [0.05, 0.1) is 28.9 Å². The van der Waals surface area contributed by atoms with Crippen LogP contribution < -0.4 is 5.73 Å². The number of nitrogen functional groups attached to an aromatic ring is 1. The number of hydrogen-bond donors (Lipinski definition) is 1. The van der Waals surface area contributed by atoms with Crippen LogP contribution in [0.15, 0.2) is 30.5 Å². The van der Waals surface area contributed by atoms with Crippen molar-refractivity contribution >= 4 is 23.1 Å². The lowest BCUT2D eigenvalue weighted by atomic mass is 10.1. The Morgan fingerprint density at radius 3 is 2.67 bits per heavy atom. The van der Waals surface area contributed by atoms with Crippen LogP contribution in [0.5, 0.6) is 0 Å². The summed E-state index contributed by atoms with van der Waals surface area (Å²) in [6.45, 7) is 4.27. The van der Waals surface area contributed by atoms with Gasteiger partial charge < -0.3 is 5.73 Å². The number of Topliss-reactive ketones (excluding diaryl/α,β-unsaturated/α-hetero) is 1. The van der Waals surface area contributed by atoms with E-state index in [4.69, 9.17) is 17.3 Å². The summed E-state index contributed by atoms with van der Waals surface area (Å²) in [5.74, 6) is -0.00633. The molecule has 4 nitrogen and oxygen atoms in total. The number of carbonyl (C=O) groups is 1. The van der Waals surface area contributed by atoms with E-state index in [0.29, 0.717) is 22.3 Å². The highest BCUT2D eigenvalue weighted by Gasteiger charge is 2.13. The molecule has 112 valence electrons. The molecular weight excluding hydrogens is 286 g/mol. The Bertz CT molecular complexity index is 632. The maximum Gasteiger partial charge on any atom is 0.168 e. The van der Waals surface area contributed by atoms with E-state index < -0.39 is 0 Å². The summed E-state index contributed by atoms with van der Waals surface area (Å²) in [4.78, 5) is 12.2. The molecule has 0 spiro atoms. The van der Waals surface area contributed by atoms with Crippen LogP contribution in [0.25, 0.3) is 0 Å². The van der Waals surface area contributed by atoms with Gasteiger partial charge in [0.2, 0.25) is 0 Å². The van der Waals surface area contributed by atoms with Gasteiger partial charge in [-0.15, -0.1) is 0 Å². The molecule has 0 saturated heterocycles. The predicted octanol–water partition coefficient (Wildman–Crippen LogP) is 3.91. The topological polar surface area (TPSA) is 60.9 Å². The lowest BCUT2D eigenvalue weighted by Crippen LogP contribution is -2.09. The largest absolute Gasteiger partial charge is 0.398 e. The fourth-order valence-corrected chi connectivity index (χ4v) is 2.44. The quantitative estimate of drug-likeness (QED) is 0.650. The number of ketones is 1. The lowest BCUT2D eigenvalue weighted by molar-refractivity contribution is 0.0991. The number of aromatic nitrogens is 2. The van der Waals surface area contributed by atoms with Crippen LogP contribution in [0.3, 0.4) is 0 Å². The van der Waals surface area contributed by atoms with Crippen molar-refractivity contribution in [3.05, 3.63) is 46.7 Å². The van der Waals surface area contributed by atoms with Crippen molar-refractivity contribution in [3.63, 3.8) is 0 Å². The van der Waals surface area contributed by atoms with Gasteiger partial charge in [-0.2, -0.15) is 5.10 Å². The zero-order valence-corrected chi connectivity index (χ0v) is 13.1. The van der Waals surface area contributed by atoms with Crippen LogP contribution in [-0.4, -0.2) is 15.6 Å². The first-order valence-corrected chi connectivity index (χ1v) is 7.55. The third kappa shape index (κ3) is 3.64. The van der Waals surface area contributed by atoms with E-state index >= 15 is 0 Å². The molecule has 1 aromatic carbocycles. The molecule has 0 aliphatic carbocycles. The van der Waals surface area contributed by atoms with Gasteiger partial charge in [-0.05, 0) is 37.1 Å². The van der Waals surface area contributed by atoms with Crippen LogP contribution in [0.4, 0.5) is 5.69 Å². The first-order valence-electron chi connectivity index (χ1n) is 7.17. The SMILES string of the molecule is CCC(CC)n1ccc(CC(=O)c2ccc(Cl)c(N)c2)n1. The van der Waals surface area contributed by atoms with Crippen LogP contribution in [0, 0.1) is 0 Å². The highest BCUT2D eigenvalue weighted by molar-refractivity contribution is 6.33. The standard InChI is InChI=1S/C16H20ClN3O/c1-3-13(4-2)20-8-7-12(19-20)10-16(21)11-5-6-14(17)15(18)9-11/h5-9,13H,3-4,10,18H2,1-2H3. The normalized spacial score (nSPS) is 11.0. The van der Waals surface area contributed by atoms with Crippen molar-refractivity contribution in [1.82, 2.24) is 9.78 Å². The molecule has 0 saturated carbocycles. The molecule has 0 aliphatic heterocycles. The van der Waals surface area contributed by atoms with E-state index in [-0.39, 0.29) is 12.2 Å². The number of benzene rings is 1. The van der Waals surface area contributed by atoms with Crippen molar-refractivity contribution < 1.29 is 4.79 Å². The number of nitrogens with zero attached hydrogens (tertiary/aromatic N) is 2. The highest BCUT2D eigenvalue weighted by Crippen LogP contribution is 2.21. The second-order valence-electron chi connectivity index (χ2n) is 5.09. The van der Waals surface area contributed by atoms with Crippen molar-refractivity contribution in [2.75, 3.05) is 5.73 Å². The van der Waals surface area contributed by atoms with Gasteiger partial charge in [-0.25, -0.2) is 0 Å². The Hall–Kier alpha value is -1.81. The fraction of sp³-hybridized carbons (Fsp3) is 0.375. The van der Waals surface area contributed by atoms with E-state index in [1.165, 1.54) is 0 Å². The third-order valence-electron chi connectivity index (χ3n) is 3.64. The number of carbonyl (C=O) groups excluding carboxylic acids is 1. The molecule has 1 aromatic heterocycles. The fourth-order valence-electron chi connectivity index (χ4n) is 2.32. The molecule has 2 aromatic rings. The van der Waals surface area contributed by atoms with Crippen molar-refractivity contribution in [3.8, 4) is 0 Å². The molecule has 0 amide bonds. The molecule has 2 rings (SSSR count). The smallest absolute Gasteiger partial charge is 0.168 e. The van der Waals surface area contributed by atoms with Gasteiger partial charge in [0.15, 0.2) is 5.78 Å². The minimum absolute atomic E-state index is 0.00633. The van der Waals surface area contributed by atoms with Gasteiger partial charge >= 0.3 is 0 Å². The lowest BCUT2D eigenvalue weighted by Gasteiger charge is -2.12. The molecule has 0 radical (unpaired) electrons. The van der Waals surface area contributed by atoms with Crippen molar-refractivity contribution in [1.29, 1.82) is 0 Å². The Kier molecular flexibility index (Phi) is 5.02. The first-order chi connectivity index (χ1) is 10.0. The van der Waals surface area contributed by atoms with Crippen LogP contribution in [-0.2, 0) is 6.42 Å². The summed E-state index contributed by atoms with van der Waals surface area (Å²) in [5.41, 5.74) is 7.49. The summed E-state index contributed by atoms with van der Waals surface area (Å²) in [5, 5.41) is 4.96. The zero-order valence-electron chi connectivity index (χ0n) is 12.3. The Balaban J connectivity index is 2.11.